The number of fused-ring (bicyclic) bond motifs is 9. The lowest BCUT2D eigenvalue weighted by Crippen LogP contribution is -2.33. The molecule has 2 aliphatic rings. The van der Waals surface area contributed by atoms with E-state index in [0.29, 0.717) is 6.61 Å². The number of nitrogens with zero attached hydrogens (tertiary/aromatic N) is 3. The number of rotatable bonds is 5. The van der Waals surface area contributed by atoms with Gasteiger partial charge in [-0.25, -0.2) is 9.98 Å². The van der Waals surface area contributed by atoms with Crippen molar-refractivity contribution in [1.29, 1.82) is 0 Å². The molecule has 0 fully saturated rings. The number of thiophene rings is 1. The molecule has 0 bridgehead atoms. The van der Waals surface area contributed by atoms with E-state index in [-0.39, 0.29) is 6.17 Å². The molecule has 10 aromatic rings. The molecule has 1 atom stereocenters. The Labute approximate surface area is 338 Å². The highest BCUT2D eigenvalue weighted by atomic mass is 32.1. The molecule has 2 aromatic heterocycles. The topological polar surface area (TPSA) is 50.9 Å². The van der Waals surface area contributed by atoms with Crippen molar-refractivity contribution in [2.24, 2.45) is 9.98 Å². The van der Waals surface area contributed by atoms with Crippen molar-refractivity contribution < 1.29 is 4.74 Å². The van der Waals surface area contributed by atoms with Gasteiger partial charge < -0.3 is 14.6 Å². The Morgan fingerprint density at radius 3 is 1.93 bits per heavy atom. The van der Waals surface area contributed by atoms with Gasteiger partial charge in [0.25, 0.3) is 0 Å². The quantitative estimate of drug-likeness (QED) is 0.190. The second kappa shape index (κ2) is 13.2. The van der Waals surface area contributed by atoms with Gasteiger partial charge in [0.1, 0.15) is 24.4 Å². The van der Waals surface area contributed by atoms with Crippen LogP contribution in [0.4, 0.5) is 0 Å². The molecule has 0 spiro atoms. The van der Waals surface area contributed by atoms with Crippen LogP contribution in [0.5, 0.6) is 5.75 Å². The van der Waals surface area contributed by atoms with Gasteiger partial charge in [-0.3, -0.25) is 0 Å². The molecule has 1 N–H and O–H groups in total. The predicted molar refractivity (Wildman–Crippen MR) is 241 cm³/mol. The molecule has 0 amide bonds. The standard InChI is InChI=1S/C52H34N4OS/c1-3-11-32(12-4-1)50-53-51(33-13-5-2-6-14-33)55-52(54-50)36-22-26-49-44(29-36)43-28-35(21-25-48(43)58-49)34-19-20-37-31-57-47-24-23-38(30-42(47)41(37)27-34)56-45-17-9-7-15-39(45)40-16-8-10-18-46(40)56/h1-30,50H,31H2,(H,53,54,55). The molecule has 1 unspecified atom stereocenters. The Hall–Kier alpha value is -7.28. The van der Waals surface area contributed by atoms with Crippen LogP contribution in [0.1, 0.15) is 28.4 Å². The molecule has 4 heterocycles. The number of amidine groups is 2. The van der Waals surface area contributed by atoms with Crippen molar-refractivity contribution in [2.75, 3.05) is 0 Å². The summed E-state index contributed by atoms with van der Waals surface area (Å²) in [5.41, 5.74) is 12.5. The molecule has 274 valence electrons. The molecule has 0 aliphatic carbocycles. The zero-order valence-electron chi connectivity index (χ0n) is 31.3. The number of hydrogen-bond acceptors (Lipinski definition) is 5. The molecule has 0 saturated heterocycles. The highest BCUT2D eigenvalue weighted by Gasteiger charge is 2.23. The number of aliphatic imine (C=N–C) groups is 2. The molecule has 0 radical (unpaired) electrons. The van der Waals surface area contributed by atoms with E-state index < -0.39 is 0 Å². The highest BCUT2D eigenvalue weighted by Crippen LogP contribution is 2.43. The summed E-state index contributed by atoms with van der Waals surface area (Å²) < 4.78 is 11.2. The van der Waals surface area contributed by atoms with E-state index in [1.165, 1.54) is 64.2 Å². The normalized spacial score (nSPS) is 14.8. The van der Waals surface area contributed by atoms with Crippen LogP contribution in [0.2, 0.25) is 0 Å². The second-order valence-electron chi connectivity index (χ2n) is 15.0. The number of benzene rings is 8. The molecule has 58 heavy (non-hydrogen) atoms. The lowest BCUT2D eigenvalue weighted by atomic mass is 9.92. The van der Waals surface area contributed by atoms with Crippen molar-refractivity contribution in [3.63, 3.8) is 0 Å². The van der Waals surface area contributed by atoms with Gasteiger partial charge in [0.15, 0.2) is 5.84 Å². The van der Waals surface area contributed by atoms with Gasteiger partial charge in [-0.1, -0.05) is 115 Å². The van der Waals surface area contributed by atoms with Crippen LogP contribution in [0.3, 0.4) is 0 Å². The Morgan fingerprint density at radius 1 is 0.534 bits per heavy atom. The number of hydrogen-bond donors (Lipinski definition) is 1. The highest BCUT2D eigenvalue weighted by molar-refractivity contribution is 7.25. The summed E-state index contributed by atoms with van der Waals surface area (Å²) in [6, 6.07) is 64.9. The minimum atomic E-state index is -0.247. The van der Waals surface area contributed by atoms with Crippen molar-refractivity contribution >= 4 is 65.0 Å². The van der Waals surface area contributed by atoms with E-state index in [2.05, 4.69) is 168 Å². The summed E-state index contributed by atoms with van der Waals surface area (Å²) in [6.07, 6.45) is -0.247. The lowest BCUT2D eigenvalue weighted by molar-refractivity contribution is 0.302. The zero-order valence-corrected chi connectivity index (χ0v) is 32.1. The van der Waals surface area contributed by atoms with E-state index in [9.17, 15) is 0 Å². The summed E-state index contributed by atoms with van der Waals surface area (Å²) in [7, 11) is 0. The average molecular weight is 763 g/mol. The minimum absolute atomic E-state index is 0.247. The number of ether oxygens (including phenoxy) is 1. The first-order valence-electron chi connectivity index (χ1n) is 19.6. The molecular weight excluding hydrogens is 729 g/mol. The fourth-order valence-corrected chi connectivity index (χ4v) is 9.77. The average Bonchev–Trinajstić information content (AvgIpc) is 3.84. The molecule has 2 aliphatic heterocycles. The number of nitrogens with one attached hydrogen (secondary N) is 1. The van der Waals surface area contributed by atoms with Gasteiger partial charge in [-0.15, -0.1) is 11.3 Å². The third kappa shape index (κ3) is 5.37. The first kappa shape index (κ1) is 32.9. The third-order valence-electron chi connectivity index (χ3n) is 11.6. The van der Waals surface area contributed by atoms with Crippen LogP contribution in [-0.2, 0) is 6.61 Å². The van der Waals surface area contributed by atoms with E-state index in [1.54, 1.807) is 0 Å². The monoisotopic (exact) mass is 762 g/mol. The van der Waals surface area contributed by atoms with Crippen LogP contribution < -0.4 is 10.1 Å². The maximum atomic E-state index is 6.33. The maximum absolute atomic E-state index is 6.33. The van der Waals surface area contributed by atoms with Crippen molar-refractivity contribution in [2.45, 2.75) is 12.8 Å². The maximum Gasteiger partial charge on any atom is 0.159 e. The SMILES string of the molecule is c1ccc(C2=NC(c3ccc4sc5ccc(-c6ccc7c(c6)-c6cc(-n8c9ccccc9c9ccccc98)ccc6OC7)cc5c4c3)=NC(c3ccccc3)N2)cc1. The molecule has 6 heteroatoms. The van der Waals surface area contributed by atoms with Gasteiger partial charge in [-0.05, 0) is 94.5 Å². The van der Waals surface area contributed by atoms with Crippen LogP contribution >= 0.6 is 11.3 Å². The van der Waals surface area contributed by atoms with Gasteiger partial charge in [0, 0.05) is 53.3 Å². The first-order chi connectivity index (χ1) is 28.7. The van der Waals surface area contributed by atoms with Gasteiger partial charge in [-0.2, -0.15) is 0 Å². The third-order valence-corrected chi connectivity index (χ3v) is 12.7. The lowest BCUT2D eigenvalue weighted by Gasteiger charge is -2.23. The Bertz CT molecular complexity index is 3270. The summed E-state index contributed by atoms with van der Waals surface area (Å²) in [4.78, 5) is 10.2. The van der Waals surface area contributed by atoms with Crippen molar-refractivity contribution in [1.82, 2.24) is 9.88 Å². The van der Waals surface area contributed by atoms with E-state index in [4.69, 9.17) is 14.7 Å². The minimum Gasteiger partial charge on any atom is -0.488 e. The fraction of sp³-hybridized carbons (Fsp3) is 0.0385. The summed E-state index contributed by atoms with van der Waals surface area (Å²) in [5.74, 6) is 2.45. The predicted octanol–water partition coefficient (Wildman–Crippen LogP) is 12.9. The van der Waals surface area contributed by atoms with Gasteiger partial charge in [0.2, 0.25) is 0 Å². The second-order valence-corrected chi connectivity index (χ2v) is 16.1. The van der Waals surface area contributed by atoms with Crippen LogP contribution in [-0.4, -0.2) is 16.2 Å². The fourth-order valence-electron chi connectivity index (χ4n) is 8.71. The number of aromatic nitrogens is 1. The van der Waals surface area contributed by atoms with Crippen molar-refractivity contribution in [3.8, 4) is 33.7 Å². The smallest absolute Gasteiger partial charge is 0.159 e. The Kier molecular flexibility index (Phi) is 7.46. The largest absolute Gasteiger partial charge is 0.488 e. The van der Waals surface area contributed by atoms with E-state index in [1.807, 2.05) is 35.6 Å². The summed E-state index contributed by atoms with van der Waals surface area (Å²) in [6.45, 7) is 0.549. The van der Waals surface area contributed by atoms with E-state index in [0.717, 1.165) is 45.4 Å². The van der Waals surface area contributed by atoms with Gasteiger partial charge >= 0.3 is 0 Å². The van der Waals surface area contributed by atoms with Crippen LogP contribution in [0, 0.1) is 0 Å². The molecular formula is C52H34N4OS. The summed E-state index contributed by atoms with van der Waals surface area (Å²) in [5, 5.41) is 8.53. The number of para-hydroxylation sites is 2. The van der Waals surface area contributed by atoms with Crippen LogP contribution in [0.25, 0.3) is 69.9 Å². The van der Waals surface area contributed by atoms with E-state index >= 15 is 0 Å². The Balaban J connectivity index is 0.949. The molecule has 8 aromatic carbocycles. The van der Waals surface area contributed by atoms with Crippen LogP contribution in [0.15, 0.2) is 192 Å². The Morgan fingerprint density at radius 2 is 1.17 bits per heavy atom. The molecule has 0 saturated carbocycles. The van der Waals surface area contributed by atoms with Crippen molar-refractivity contribution in [3.05, 3.63) is 204 Å². The molecule has 5 nitrogen and oxygen atoms in total. The first-order valence-corrected chi connectivity index (χ1v) is 20.4. The zero-order chi connectivity index (χ0) is 38.2. The summed E-state index contributed by atoms with van der Waals surface area (Å²) >= 11 is 1.82. The van der Waals surface area contributed by atoms with Gasteiger partial charge in [0.05, 0.1) is 11.0 Å². The molecule has 12 rings (SSSR count).